The van der Waals surface area contributed by atoms with Gasteiger partial charge < -0.3 is 24.8 Å². The Balaban J connectivity index is 1.25. The summed E-state index contributed by atoms with van der Waals surface area (Å²) in [5.41, 5.74) is 1.73. The number of hydrogen-bond acceptors (Lipinski definition) is 6. The Bertz CT molecular complexity index is 1010. The highest BCUT2D eigenvalue weighted by Crippen LogP contribution is 2.20. The number of rotatable bonds is 6. The number of aliphatic hydroxyl groups is 1. The molecule has 7 heteroatoms. The van der Waals surface area contributed by atoms with Crippen LogP contribution >= 0.6 is 0 Å². The van der Waals surface area contributed by atoms with Crippen LogP contribution in [0.1, 0.15) is 0 Å². The van der Waals surface area contributed by atoms with E-state index in [9.17, 15) is 15.0 Å². The number of aromatic amines is 1. The van der Waals surface area contributed by atoms with E-state index in [1.54, 1.807) is 30.3 Å². The Morgan fingerprint density at radius 1 is 1.00 bits per heavy atom. The number of nitrogens with one attached hydrogen (secondary N) is 1. The number of piperazine rings is 1. The number of ether oxygens (including phenoxy) is 1. The standard InChI is InChI=1S/C22H25N3O4/c26-18-4-2-17(3-5-18)25-11-9-24(10-12-25)14-19(27)15-29-20-6-7-21-16(13-20)1-8-22(28)23-21/h1-8,13,19,26-27H,9-12,14-15H2,(H,23,28). The van der Waals surface area contributed by atoms with Crippen LogP contribution in [0.2, 0.25) is 0 Å². The monoisotopic (exact) mass is 395 g/mol. The summed E-state index contributed by atoms with van der Waals surface area (Å²) in [4.78, 5) is 18.6. The van der Waals surface area contributed by atoms with E-state index in [-0.39, 0.29) is 17.9 Å². The molecule has 0 bridgehead atoms. The zero-order valence-corrected chi connectivity index (χ0v) is 16.1. The zero-order chi connectivity index (χ0) is 20.2. The van der Waals surface area contributed by atoms with Gasteiger partial charge in [0.05, 0.1) is 0 Å². The average Bonchev–Trinajstić information content (AvgIpc) is 2.73. The molecule has 152 valence electrons. The first kappa shape index (κ1) is 19.3. The van der Waals surface area contributed by atoms with E-state index in [1.165, 1.54) is 6.07 Å². The minimum Gasteiger partial charge on any atom is -0.508 e. The SMILES string of the molecule is O=c1ccc2cc(OCC(O)CN3CCN(c4ccc(O)cc4)CC3)ccc2[nH]1. The van der Waals surface area contributed by atoms with Gasteiger partial charge in [-0.2, -0.15) is 0 Å². The van der Waals surface area contributed by atoms with Crippen molar-refractivity contribution >= 4 is 16.6 Å². The molecule has 7 nitrogen and oxygen atoms in total. The van der Waals surface area contributed by atoms with Crippen LogP contribution in [0.3, 0.4) is 0 Å². The van der Waals surface area contributed by atoms with Crippen molar-refractivity contribution in [1.29, 1.82) is 0 Å². The van der Waals surface area contributed by atoms with E-state index in [0.717, 1.165) is 42.8 Å². The van der Waals surface area contributed by atoms with Crippen molar-refractivity contribution in [3.05, 3.63) is 65.0 Å². The molecular weight excluding hydrogens is 370 g/mol. The summed E-state index contributed by atoms with van der Waals surface area (Å²) >= 11 is 0. The van der Waals surface area contributed by atoms with Crippen LogP contribution in [0.5, 0.6) is 11.5 Å². The fourth-order valence-corrected chi connectivity index (χ4v) is 3.62. The van der Waals surface area contributed by atoms with Crippen molar-refractivity contribution < 1.29 is 14.9 Å². The topological polar surface area (TPSA) is 89.0 Å². The summed E-state index contributed by atoms with van der Waals surface area (Å²) < 4.78 is 5.75. The number of phenols is 1. The van der Waals surface area contributed by atoms with Gasteiger partial charge in [0, 0.05) is 55.4 Å². The number of fused-ring (bicyclic) bond motifs is 1. The third-order valence-electron chi connectivity index (χ3n) is 5.19. The first-order valence-electron chi connectivity index (χ1n) is 9.77. The van der Waals surface area contributed by atoms with Crippen molar-refractivity contribution in [1.82, 2.24) is 9.88 Å². The molecule has 1 atom stereocenters. The Morgan fingerprint density at radius 3 is 2.52 bits per heavy atom. The fourth-order valence-electron chi connectivity index (χ4n) is 3.62. The van der Waals surface area contributed by atoms with Crippen LogP contribution in [-0.4, -0.2) is 65.5 Å². The molecule has 1 fully saturated rings. The van der Waals surface area contributed by atoms with E-state index in [1.807, 2.05) is 18.2 Å². The lowest BCUT2D eigenvalue weighted by Gasteiger charge is -2.36. The Hall–Kier alpha value is -3.03. The number of hydrogen-bond donors (Lipinski definition) is 3. The largest absolute Gasteiger partial charge is 0.508 e. The molecule has 2 aromatic carbocycles. The number of aromatic hydroxyl groups is 1. The van der Waals surface area contributed by atoms with Gasteiger partial charge in [0.25, 0.3) is 0 Å². The molecule has 0 saturated carbocycles. The number of β-amino-alcohol motifs (C(OH)–C–C–N with tert-alkyl or cyclic N) is 1. The van der Waals surface area contributed by atoms with Gasteiger partial charge in [-0.15, -0.1) is 0 Å². The lowest BCUT2D eigenvalue weighted by Crippen LogP contribution is -2.49. The summed E-state index contributed by atoms with van der Waals surface area (Å²) in [7, 11) is 0. The van der Waals surface area contributed by atoms with Crippen LogP contribution in [0, 0.1) is 0 Å². The number of anilines is 1. The number of nitrogens with zero attached hydrogens (tertiary/aromatic N) is 2. The van der Waals surface area contributed by atoms with Crippen molar-refractivity contribution in [3.63, 3.8) is 0 Å². The van der Waals surface area contributed by atoms with Gasteiger partial charge in [-0.1, -0.05) is 0 Å². The molecule has 1 saturated heterocycles. The molecule has 4 rings (SSSR count). The van der Waals surface area contributed by atoms with E-state index >= 15 is 0 Å². The molecule has 1 aliphatic rings. The Labute approximate surface area is 168 Å². The van der Waals surface area contributed by atoms with Gasteiger partial charge in [0.2, 0.25) is 5.56 Å². The van der Waals surface area contributed by atoms with Gasteiger partial charge in [-0.05, 0) is 48.5 Å². The van der Waals surface area contributed by atoms with E-state index in [0.29, 0.717) is 12.3 Å². The second-order valence-electron chi connectivity index (χ2n) is 7.34. The molecule has 0 aliphatic carbocycles. The molecule has 0 radical (unpaired) electrons. The number of benzene rings is 2. The number of pyridine rings is 1. The fraction of sp³-hybridized carbons (Fsp3) is 0.318. The normalized spacial score (nSPS) is 16.1. The van der Waals surface area contributed by atoms with Crippen molar-refractivity contribution in [3.8, 4) is 11.5 Å². The highest BCUT2D eigenvalue weighted by molar-refractivity contribution is 5.79. The molecule has 1 aliphatic heterocycles. The lowest BCUT2D eigenvalue weighted by molar-refractivity contribution is 0.0663. The lowest BCUT2D eigenvalue weighted by atomic mass is 10.2. The number of aromatic nitrogens is 1. The zero-order valence-electron chi connectivity index (χ0n) is 16.1. The summed E-state index contributed by atoms with van der Waals surface area (Å²) in [5, 5.41) is 20.7. The molecule has 29 heavy (non-hydrogen) atoms. The predicted molar refractivity (Wildman–Crippen MR) is 113 cm³/mol. The number of phenolic OH excluding ortho intramolecular Hbond substituents is 1. The summed E-state index contributed by atoms with van der Waals surface area (Å²) in [5.74, 6) is 0.941. The maximum absolute atomic E-state index is 11.3. The van der Waals surface area contributed by atoms with Gasteiger partial charge in [-0.3, -0.25) is 9.69 Å². The third-order valence-corrected chi connectivity index (χ3v) is 5.19. The second kappa shape index (κ2) is 8.55. The van der Waals surface area contributed by atoms with Crippen LogP contribution in [0.25, 0.3) is 10.9 Å². The van der Waals surface area contributed by atoms with E-state index in [2.05, 4.69) is 14.8 Å². The summed E-state index contributed by atoms with van der Waals surface area (Å²) in [6.45, 7) is 4.25. The Kier molecular flexibility index (Phi) is 5.69. The molecule has 1 unspecified atom stereocenters. The molecule has 1 aromatic heterocycles. The first-order valence-corrected chi connectivity index (χ1v) is 9.77. The van der Waals surface area contributed by atoms with Gasteiger partial charge in [0.15, 0.2) is 0 Å². The quantitative estimate of drug-likeness (QED) is 0.590. The maximum Gasteiger partial charge on any atom is 0.248 e. The molecule has 2 heterocycles. The average molecular weight is 395 g/mol. The van der Waals surface area contributed by atoms with Crippen LogP contribution in [0.15, 0.2) is 59.4 Å². The van der Waals surface area contributed by atoms with Crippen molar-refractivity contribution in [2.75, 3.05) is 44.2 Å². The van der Waals surface area contributed by atoms with E-state index < -0.39 is 6.10 Å². The first-order chi connectivity index (χ1) is 14.1. The molecule has 0 amide bonds. The van der Waals surface area contributed by atoms with Crippen LogP contribution in [0.4, 0.5) is 5.69 Å². The Morgan fingerprint density at radius 2 is 1.76 bits per heavy atom. The van der Waals surface area contributed by atoms with Gasteiger partial charge in [-0.25, -0.2) is 0 Å². The van der Waals surface area contributed by atoms with Crippen molar-refractivity contribution in [2.45, 2.75) is 6.10 Å². The predicted octanol–water partition coefficient (Wildman–Crippen LogP) is 1.80. The minimum atomic E-state index is -0.582. The smallest absolute Gasteiger partial charge is 0.248 e. The van der Waals surface area contributed by atoms with Gasteiger partial charge in [0.1, 0.15) is 24.2 Å². The highest BCUT2D eigenvalue weighted by Gasteiger charge is 2.19. The molecule has 3 aromatic rings. The molecular formula is C22H25N3O4. The van der Waals surface area contributed by atoms with Gasteiger partial charge >= 0.3 is 0 Å². The second-order valence-corrected chi connectivity index (χ2v) is 7.34. The number of H-pyrrole nitrogens is 1. The van der Waals surface area contributed by atoms with Crippen molar-refractivity contribution in [2.24, 2.45) is 0 Å². The summed E-state index contributed by atoms with van der Waals surface area (Å²) in [6, 6.07) is 15.9. The highest BCUT2D eigenvalue weighted by atomic mass is 16.5. The van der Waals surface area contributed by atoms with Crippen LogP contribution < -0.4 is 15.2 Å². The number of aliphatic hydroxyl groups excluding tert-OH is 1. The van der Waals surface area contributed by atoms with Crippen LogP contribution in [-0.2, 0) is 0 Å². The third kappa shape index (κ3) is 4.88. The van der Waals surface area contributed by atoms with E-state index in [4.69, 9.17) is 4.74 Å². The minimum absolute atomic E-state index is 0.132. The molecule has 3 N–H and O–H groups in total. The summed E-state index contributed by atoms with van der Waals surface area (Å²) in [6.07, 6.45) is -0.582. The maximum atomic E-state index is 11.3. The molecule has 0 spiro atoms.